The minimum absolute atomic E-state index is 0.0221. The number of anilines is 1. The number of ether oxygens (including phenoxy) is 2. The first kappa shape index (κ1) is 31.8. The molecule has 3 aliphatic rings. The van der Waals surface area contributed by atoms with Gasteiger partial charge in [0.05, 0.1) is 25.9 Å². The van der Waals surface area contributed by atoms with E-state index in [2.05, 4.69) is 29.9 Å². The van der Waals surface area contributed by atoms with E-state index in [1.807, 2.05) is 0 Å². The van der Waals surface area contributed by atoms with E-state index in [9.17, 15) is 38.7 Å². The molecule has 7 rings (SSSR count). The summed E-state index contributed by atoms with van der Waals surface area (Å²) in [6.45, 7) is -1.74. The minimum Gasteiger partial charge on any atom is -0.387 e. The van der Waals surface area contributed by atoms with Crippen LogP contribution < -0.4 is 17.0 Å². The molecule has 252 valence electrons. The summed E-state index contributed by atoms with van der Waals surface area (Å²) < 4.78 is 60.9. The van der Waals surface area contributed by atoms with Crippen molar-refractivity contribution in [2.75, 3.05) is 18.9 Å². The Hall–Kier alpha value is -3.77. The third-order valence-electron chi connectivity index (χ3n) is 7.53. The molecule has 3 saturated heterocycles. The molecule has 0 aromatic carbocycles. The van der Waals surface area contributed by atoms with Crippen molar-refractivity contribution in [1.82, 2.24) is 39.0 Å². The van der Waals surface area contributed by atoms with Gasteiger partial charge < -0.3 is 40.9 Å². The van der Waals surface area contributed by atoms with Crippen LogP contribution in [0.15, 0.2) is 23.8 Å². The highest BCUT2D eigenvalue weighted by Gasteiger charge is 2.54. The Balaban J connectivity index is 1.20. The number of carbonyl (C=O) groups is 1. The lowest BCUT2D eigenvalue weighted by Gasteiger charge is -2.25. The molecule has 0 spiro atoms. The van der Waals surface area contributed by atoms with Crippen molar-refractivity contribution in [3.8, 4) is 0 Å². The predicted octanol–water partition coefficient (Wildman–Crippen LogP) is -2.82. The van der Waals surface area contributed by atoms with Crippen molar-refractivity contribution < 1.29 is 61.5 Å². The van der Waals surface area contributed by atoms with Crippen LogP contribution in [0.4, 0.5) is 5.95 Å². The number of imidazole rings is 2. The number of primary amides is 1. The number of aromatic nitrogens is 8. The number of phosphoric acid groups is 2. The number of hydrogen-bond donors (Lipinski definition) is 7. The highest BCUT2D eigenvalue weighted by Crippen LogP contribution is 2.53. The number of hydrogen-bond acceptors (Lipinski definition) is 18. The second-order valence-corrected chi connectivity index (χ2v) is 13.3. The van der Waals surface area contributed by atoms with Crippen LogP contribution in [-0.2, 0) is 36.7 Å². The van der Waals surface area contributed by atoms with E-state index < -0.39 is 89.4 Å². The topological polar surface area (TPSA) is 347 Å². The second-order valence-electron chi connectivity index (χ2n) is 10.5. The average Bonchev–Trinajstić information content (AvgIpc) is 3.76. The molecule has 24 nitrogen and oxygen atoms in total. The van der Waals surface area contributed by atoms with Crippen LogP contribution in [0.5, 0.6) is 0 Å². The Morgan fingerprint density at radius 1 is 0.872 bits per heavy atom. The number of aliphatic hydroxyl groups excluding tert-OH is 2. The Labute approximate surface area is 259 Å². The maximum atomic E-state index is 13.2. The Kier molecular flexibility index (Phi) is 7.74. The van der Waals surface area contributed by atoms with Gasteiger partial charge in [-0.15, -0.1) is 0 Å². The van der Waals surface area contributed by atoms with Gasteiger partial charge in [0, 0.05) is 0 Å². The van der Waals surface area contributed by atoms with Gasteiger partial charge in [-0.05, 0) is 0 Å². The predicted molar refractivity (Wildman–Crippen MR) is 148 cm³/mol. The summed E-state index contributed by atoms with van der Waals surface area (Å²) in [4.78, 5) is 67.5. The summed E-state index contributed by atoms with van der Waals surface area (Å²) in [6.07, 6.45) is -9.89. The number of nitrogens with one attached hydrogen (secondary N) is 1. The van der Waals surface area contributed by atoms with Crippen LogP contribution in [-0.4, -0.2) is 115 Å². The van der Waals surface area contributed by atoms with Crippen molar-refractivity contribution in [1.29, 1.82) is 0 Å². The molecular weight excluding hydrogens is 678 g/mol. The third-order valence-corrected chi connectivity index (χ3v) is 9.50. The summed E-state index contributed by atoms with van der Waals surface area (Å²) in [5, 5.41) is 22.2. The number of aromatic amines is 1. The maximum absolute atomic E-state index is 13.2. The van der Waals surface area contributed by atoms with E-state index in [-0.39, 0.29) is 34.0 Å². The monoisotopic (exact) mass is 702 g/mol. The first-order valence-electron chi connectivity index (χ1n) is 13.4. The molecule has 3 aliphatic heterocycles. The molecule has 3 fully saturated rings. The fraction of sp³-hybridized carbons (Fsp3) is 0.476. The van der Waals surface area contributed by atoms with Gasteiger partial charge in [-0.1, -0.05) is 0 Å². The number of amides is 1. The minimum atomic E-state index is -5.16. The molecular formula is C21H24N10O14P2. The quantitative estimate of drug-likeness (QED) is 0.106. The van der Waals surface area contributed by atoms with Gasteiger partial charge in [0.2, 0.25) is 5.95 Å². The van der Waals surface area contributed by atoms with Gasteiger partial charge in [0.25, 0.3) is 11.5 Å². The zero-order chi connectivity index (χ0) is 33.4. The fourth-order valence-corrected chi connectivity index (χ4v) is 7.36. The first-order valence-corrected chi connectivity index (χ1v) is 16.4. The van der Waals surface area contributed by atoms with Crippen LogP contribution in [0, 0.1) is 0 Å². The lowest BCUT2D eigenvalue weighted by molar-refractivity contribution is -0.0672. The van der Waals surface area contributed by atoms with Gasteiger partial charge in [-0.2, -0.15) is 4.98 Å². The fourth-order valence-electron chi connectivity index (χ4n) is 5.46. The molecule has 47 heavy (non-hydrogen) atoms. The average molecular weight is 702 g/mol. The summed E-state index contributed by atoms with van der Waals surface area (Å²) in [5.74, 6) is -1.21. The largest absolute Gasteiger partial charge is 0.472 e. The SMILES string of the molecule is NC(=O)c1ncnc2c1ncn2[C@@H]1O[C@@H]2COP(=O)(O)O[C@@H]3[C@H](O)[C@@H](COP(=O)(O)OC2[C@H]1O)O[C@H]3n1cnc2c(=O)[nH]c(N)nc21. The molecule has 9 N–H and O–H groups in total. The first-order chi connectivity index (χ1) is 22.2. The zero-order valence-corrected chi connectivity index (χ0v) is 25.1. The number of aliphatic hydroxyl groups is 2. The van der Waals surface area contributed by atoms with Gasteiger partial charge in [-0.25, -0.2) is 29.1 Å². The van der Waals surface area contributed by atoms with E-state index in [1.165, 1.54) is 0 Å². The molecule has 1 amide bonds. The van der Waals surface area contributed by atoms with E-state index in [4.69, 9.17) is 39.0 Å². The third kappa shape index (κ3) is 5.62. The molecule has 10 atom stereocenters. The number of carbonyl (C=O) groups excluding carboxylic acids is 1. The van der Waals surface area contributed by atoms with E-state index in [0.29, 0.717) is 0 Å². The summed E-state index contributed by atoms with van der Waals surface area (Å²) >= 11 is 0. The molecule has 0 saturated carbocycles. The van der Waals surface area contributed by atoms with Crippen molar-refractivity contribution in [3.05, 3.63) is 35.0 Å². The Morgan fingerprint density at radius 3 is 2.19 bits per heavy atom. The Bertz CT molecular complexity index is 2040. The Morgan fingerprint density at radius 2 is 1.49 bits per heavy atom. The van der Waals surface area contributed by atoms with Crippen LogP contribution in [0.3, 0.4) is 0 Å². The van der Waals surface area contributed by atoms with E-state index >= 15 is 0 Å². The van der Waals surface area contributed by atoms with Crippen LogP contribution in [0.2, 0.25) is 0 Å². The number of nitrogens with two attached hydrogens (primary N) is 2. The standard InChI is InChI=1S/C21H24N10O14P2/c22-15(34)8-9-16(25-3-24-8)30(4-26-9)19-12(33)13-7(43-19)2-41-47(38,39)45-14-11(32)6(1-40-46(36,37)44-13)42-20(14)31-5-27-10-17(31)28-21(23)29-18(10)35/h3-7,11-14,19-20,32-33H,1-2H2,(H2,22,34)(H,36,37)(H,38,39)(H3,23,28,29,35)/t6-,7-,11-,12-,13?,14-,19-,20-/m1/s1. The summed E-state index contributed by atoms with van der Waals surface area (Å²) in [7, 11) is -10.3. The molecule has 3 unspecified atom stereocenters. The number of nitrogens with zero attached hydrogens (tertiary/aromatic N) is 7. The highest BCUT2D eigenvalue weighted by molar-refractivity contribution is 7.47. The van der Waals surface area contributed by atoms with Crippen LogP contribution in [0.25, 0.3) is 22.3 Å². The number of nitrogen functional groups attached to an aromatic ring is 1. The number of H-pyrrole nitrogens is 1. The molecule has 7 heterocycles. The van der Waals surface area contributed by atoms with Crippen molar-refractivity contribution in [2.24, 2.45) is 5.73 Å². The lowest BCUT2D eigenvalue weighted by atomic mass is 10.1. The lowest BCUT2D eigenvalue weighted by Crippen LogP contribution is -2.36. The van der Waals surface area contributed by atoms with E-state index in [0.717, 1.165) is 28.1 Å². The van der Waals surface area contributed by atoms with Gasteiger partial charge >= 0.3 is 15.6 Å². The zero-order valence-electron chi connectivity index (χ0n) is 23.3. The summed E-state index contributed by atoms with van der Waals surface area (Å²) in [6, 6.07) is 0. The molecule has 4 aromatic rings. The molecule has 0 radical (unpaired) electrons. The van der Waals surface area contributed by atoms with Crippen molar-refractivity contribution in [2.45, 2.75) is 49.1 Å². The number of fused-ring (bicyclic) bond motifs is 5. The van der Waals surface area contributed by atoms with E-state index in [1.54, 1.807) is 0 Å². The highest BCUT2D eigenvalue weighted by atomic mass is 31.2. The molecule has 4 aromatic heterocycles. The van der Waals surface area contributed by atoms with Gasteiger partial charge in [0.1, 0.15) is 48.5 Å². The number of phosphoric ester groups is 2. The molecule has 2 bridgehead atoms. The van der Waals surface area contributed by atoms with Gasteiger partial charge in [-0.3, -0.25) is 41.8 Å². The van der Waals surface area contributed by atoms with Crippen LogP contribution in [0.1, 0.15) is 22.9 Å². The molecule has 26 heteroatoms. The van der Waals surface area contributed by atoms with Crippen LogP contribution >= 0.6 is 15.6 Å². The number of rotatable bonds is 3. The summed E-state index contributed by atoms with van der Waals surface area (Å²) in [5.41, 5.74) is 9.64. The van der Waals surface area contributed by atoms with Crippen molar-refractivity contribution >= 4 is 49.8 Å². The smallest absolute Gasteiger partial charge is 0.387 e. The maximum Gasteiger partial charge on any atom is 0.472 e. The van der Waals surface area contributed by atoms with Gasteiger partial charge in [0.15, 0.2) is 35.0 Å². The normalized spacial score (nSPS) is 36.5. The van der Waals surface area contributed by atoms with Crippen molar-refractivity contribution in [3.63, 3.8) is 0 Å². The second kappa shape index (κ2) is 11.4. The molecule has 0 aliphatic carbocycles.